The lowest BCUT2D eigenvalue weighted by Gasteiger charge is -2.18. The maximum atomic E-state index is 13.9. The lowest BCUT2D eigenvalue weighted by Crippen LogP contribution is -2.19. The van der Waals surface area contributed by atoms with E-state index < -0.39 is 0 Å². The molecule has 21 heavy (non-hydrogen) atoms. The SMILES string of the molecule is CC(Cl)c1nc2cc(I)c(F)cc2n1CC1CCOC1C. The lowest BCUT2D eigenvalue weighted by molar-refractivity contribution is 0.102. The molecule has 1 aliphatic rings. The van der Waals surface area contributed by atoms with Crippen LogP contribution < -0.4 is 0 Å². The average Bonchev–Trinajstić information content (AvgIpc) is 2.97. The highest BCUT2D eigenvalue weighted by atomic mass is 127. The van der Waals surface area contributed by atoms with Crippen molar-refractivity contribution >= 4 is 45.2 Å². The topological polar surface area (TPSA) is 27.1 Å². The molecule has 0 spiro atoms. The Labute approximate surface area is 142 Å². The zero-order valence-corrected chi connectivity index (χ0v) is 14.9. The van der Waals surface area contributed by atoms with Crippen LogP contribution in [0.5, 0.6) is 0 Å². The molecule has 1 saturated heterocycles. The van der Waals surface area contributed by atoms with E-state index in [2.05, 4.69) is 16.5 Å². The fourth-order valence-corrected chi connectivity index (χ4v) is 3.50. The average molecular weight is 423 g/mol. The molecule has 0 N–H and O–H groups in total. The van der Waals surface area contributed by atoms with E-state index in [4.69, 9.17) is 16.3 Å². The minimum Gasteiger partial charge on any atom is -0.378 e. The van der Waals surface area contributed by atoms with Gasteiger partial charge in [0.1, 0.15) is 11.6 Å². The van der Waals surface area contributed by atoms with Crippen LogP contribution in [0.3, 0.4) is 0 Å². The van der Waals surface area contributed by atoms with E-state index in [1.165, 1.54) is 0 Å². The lowest BCUT2D eigenvalue weighted by atomic mass is 10.0. The maximum absolute atomic E-state index is 13.9. The highest BCUT2D eigenvalue weighted by Gasteiger charge is 2.27. The Morgan fingerprint density at radius 1 is 1.57 bits per heavy atom. The van der Waals surface area contributed by atoms with E-state index in [-0.39, 0.29) is 17.3 Å². The van der Waals surface area contributed by atoms with Crippen LogP contribution in [0, 0.1) is 15.3 Å². The Hall–Kier alpha value is -0.400. The van der Waals surface area contributed by atoms with Crippen molar-refractivity contribution in [3.8, 4) is 0 Å². The Morgan fingerprint density at radius 2 is 2.33 bits per heavy atom. The van der Waals surface area contributed by atoms with Crippen molar-refractivity contribution in [3.05, 3.63) is 27.3 Å². The number of nitrogens with zero attached hydrogens (tertiary/aromatic N) is 2. The first-order valence-electron chi connectivity index (χ1n) is 7.08. The predicted molar refractivity (Wildman–Crippen MR) is 90.2 cm³/mol. The Balaban J connectivity index is 2.09. The van der Waals surface area contributed by atoms with Gasteiger partial charge in [0.05, 0.1) is 26.1 Å². The molecule has 1 aromatic carbocycles. The molecule has 1 fully saturated rings. The molecule has 3 nitrogen and oxygen atoms in total. The van der Waals surface area contributed by atoms with Crippen LogP contribution in [-0.4, -0.2) is 22.3 Å². The minimum atomic E-state index is -0.214. The number of aromatic nitrogens is 2. The van der Waals surface area contributed by atoms with Crippen molar-refractivity contribution in [1.82, 2.24) is 9.55 Å². The van der Waals surface area contributed by atoms with E-state index in [9.17, 15) is 4.39 Å². The zero-order chi connectivity index (χ0) is 15.1. The molecule has 3 atom stereocenters. The predicted octanol–water partition coefficient (Wildman–Crippen LogP) is 4.50. The van der Waals surface area contributed by atoms with E-state index in [0.29, 0.717) is 9.49 Å². The van der Waals surface area contributed by atoms with Crippen molar-refractivity contribution in [1.29, 1.82) is 0 Å². The summed E-state index contributed by atoms with van der Waals surface area (Å²) in [7, 11) is 0. The highest BCUT2D eigenvalue weighted by molar-refractivity contribution is 14.1. The van der Waals surface area contributed by atoms with E-state index in [0.717, 1.165) is 36.4 Å². The molecule has 2 heterocycles. The number of hydrogen-bond donors (Lipinski definition) is 0. The first-order valence-corrected chi connectivity index (χ1v) is 8.59. The summed E-state index contributed by atoms with van der Waals surface area (Å²) >= 11 is 8.26. The van der Waals surface area contributed by atoms with Gasteiger partial charge in [-0.1, -0.05) is 0 Å². The third-order valence-electron chi connectivity index (χ3n) is 4.13. The molecule has 114 valence electrons. The van der Waals surface area contributed by atoms with Gasteiger partial charge in [-0.05, 0) is 48.9 Å². The van der Waals surface area contributed by atoms with Gasteiger partial charge in [-0.25, -0.2) is 9.37 Å². The summed E-state index contributed by atoms with van der Waals surface area (Å²) in [6, 6.07) is 3.34. The highest BCUT2D eigenvalue weighted by Crippen LogP contribution is 2.30. The third kappa shape index (κ3) is 2.92. The number of rotatable bonds is 3. The first-order chi connectivity index (χ1) is 9.97. The molecule has 0 amide bonds. The van der Waals surface area contributed by atoms with Crippen LogP contribution in [0.15, 0.2) is 12.1 Å². The Morgan fingerprint density at radius 3 is 2.95 bits per heavy atom. The van der Waals surface area contributed by atoms with Crippen LogP contribution in [0.4, 0.5) is 4.39 Å². The summed E-state index contributed by atoms with van der Waals surface area (Å²) in [6.07, 6.45) is 1.23. The van der Waals surface area contributed by atoms with Gasteiger partial charge in [-0.3, -0.25) is 0 Å². The van der Waals surface area contributed by atoms with Gasteiger partial charge in [-0.15, -0.1) is 11.6 Å². The summed E-state index contributed by atoms with van der Waals surface area (Å²) in [6.45, 7) is 5.54. The smallest absolute Gasteiger partial charge is 0.138 e. The second-order valence-corrected chi connectivity index (χ2v) is 7.39. The van der Waals surface area contributed by atoms with Gasteiger partial charge in [-0.2, -0.15) is 0 Å². The van der Waals surface area contributed by atoms with Gasteiger partial charge in [0, 0.05) is 25.1 Å². The fourth-order valence-electron chi connectivity index (χ4n) is 2.88. The summed E-state index contributed by atoms with van der Waals surface area (Å²) in [5, 5.41) is -0.212. The number of ether oxygens (including phenoxy) is 1. The molecule has 3 unspecified atom stereocenters. The second-order valence-electron chi connectivity index (χ2n) is 5.58. The maximum Gasteiger partial charge on any atom is 0.138 e. The zero-order valence-electron chi connectivity index (χ0n) is 11.9. The quantitative estimate of drug-likeness (QED) is 0.538. The molecule has 1 aliphatic heterocycles. The van der Waals surface area contributed by atoms with Gasteiger partial charge >= 0.3 is 0 Å². The van der Waals surface area contributed by atoms with Crippen molar-refractivity contribution in [3.63, 3.8) is 0 Å². The number of benzene rings is 1. The normalized spacial score (nSPS) is 23.9. The first kappa shape index (κ1) is 15.5. The molecule has 6 heteroatoms. The molecule has 0 bridgehead atoms. The van der Waals surface area contributed by atoms with Gasteiger partial charge in [0.2, 0.25) is 0 Å². The monoisotopic (exact) mass is 422 g/mol. The Bertz CT molecular complexity index is 673. The molecule has 0 saturated carbocycles. The minimum absolute atomic E-state index is 0.212. The van der Waals surface area contributed by atoms with Gasteiger partial charge < -0.3 is 9.30 Å². The van der Waals surface area contributed by atoms with Crippen molar-refractivity contribution in [2.75, 3.05) is 6.61 Å². The molecule has 3 rings (SSSR count). The number of imidazole rings is 1. The second kappa shape index (κ2) is 6.01. The van der Waals surface area contributed by atoms with Crippen LogP contribution in [0.2, 0.25) is 0 Å². The van der Waals surface area contributed by atoms with E-state index in [1.54, 1.807) is 12.1 Å². The summed E-state index contributed by atoms with van der Waals surface area (Å²) in [5.74, 6) is 1.000. The summed E-state index contributed by atoms with van der Waals surface area (Å²) < 4.78 is 22.2. The van der Waals surface area contributed by atoms with E-state index >= 15 is 0 Å². The standard InChI is InChI=1S/C15H17ClFIN2O/c1-8(16)15-19-13-6-12(18)11(17)5-14(13)20(15)7-10-3-4-21-9(10)2/h5-6,8-10H,3-4,7H2,1-2H3. The van der Waals surface area contributed by atoms with Crippen molar-refractivity contribution < 1.29 is 9.13 Å². The van der Waals surface area contributed by atoms with Crippen LogP contribution in [0.25, 0.3) is 11.0 Å². The van der Waals surface area contributed by atoms with Crippen molar-refractivity contribution in [2.24, 2.45) is 5.92 Å². The third-order valence-corrected chi connectivity index (χ3v) is 5.15. The molecule has 2 aromatic rings. The number of fused-ring (bicyclic) bond motifs is 1. The molecular formula is C15H17ClFIN2O. The molecule has 0 aliphatic carbocycles. The molecular weight excluding hydrogens is 406 g/mol. The van der Waals surface area contributed by atoms with Crippen molar-refractivity contribution in [2.45, 2.75) is 38.3 Å². The van der Waals surface area contributed by atoms with Gasteiger partial charge in [0.15, 0.2) is 0 Å². The van der Waals surface area contributed by atoms with Gasteiger partial charge in [0.25, 0.3) is 0 Å². The number of alkyl halides is 1. The van der Waals surface area contributed by atoms with Crippen LogP contribution in [-0.2, 0) is 11.3 Å². The van der Waals surface area contributed by atoms with Crippen LogP contribution >= 0.6 is 34.2 Å². The number of hydrogen-bond acceptors (Lipinski definition) is 2. The summed E-state index contributed by atoms with van der Waals surface area (Å²) in [5.41, 5.74) is 1.62. The number of halogens is 3. The Kier molecular flexibility index (Phi) is 4.43. The molecule has 1 aromatic heterocycles. The van der Waals surface area contributed by atoms with E-state index in [1.807, 2.05) is 29.5 Å². The van der Waals surface area contributed by atoms with Crippen LogP contribution in [0.1, 0.15) is 31.5 Å². The largest absolute Gasteiger partial charge is 0.378 e. The summed E-state index contributed by atoms with van der Waals surface area (Å²) in [4.78, 5) is 4.60. The molecule has 0 radical (unpaired) electrons. The fraction of sp³-hybridized carbons (Fsp3) is 0.533.